The number of halogens is 2. The van der Waals surface area contributed by atoms with Crippen molar-refractivity contribution in [3.63, 3.8) is 0 Å². The second kappa shape index (κ2) is 8.19. The molecule has 0 bridgehead atoms. The van der Waals surface area contributed by atoms with Crippen LogP contribution in [-0.2, 0) is 26.2 Å². The Morgan fingerprint density at radius 2 is 1.47 bits per heavy atom. The largest absolute Gasteiger partial charge is 3.00 e. The van der Waals surface area contributed by atoms with Crippen molar-refractivity contribution in [3.05, 3.63) is 53.1 Å². The number of hydrogen-bond acceptors (Lipinski definition) is 0. The fraction of sp³-hybridized carbons (Fsp3) is 0.214. The standard InChI is InChI=1S/C14H15.2ClH.Zr/c1-10-7-8-13(9-10)14-11(2)5-4-6-12(14)3;;;/h4-9H,1-3H3;2*1H;/q-1;;;+3/p-2. The van der Waals surface area contributed by atoms with E-state index in [9.17, 15) is 0 Å². The number of aryl methyl sites for hydroxylation is 3. The van der Waals surface area contributed by atoms with Crippen LogP contribution in [0.4, 0.5) is 0 Å². The van der Waals surface area contributed by atoms with Crippen LogP contribution in [-0.4, -0.2) is 0 Å². The fourth-order valence-corrected chi connectivity index (χ4v) is 1.99. The fourth-order valence-electron chi connectivity index (χ4n) is 1.99. The van der Waals surface area contributed by atoms with E-state index in [4.69, 9.17) is 0 Å². The molecular weight excluding hydrogens is 330 g/mol. The molecule has 0 atom stereocenters. The Kier molecular flexibility index (Phi) is 9.33. The molecule has 0 saturated carbocycles. The Hall–Kier alpha value is 0.0331. The first kappa shape index (κ1) is 19.4. The molecular formula is C14H15Cl2Zr. The maximum Gasteiger partial charge on any atom is 3.00 e. The summed E-state index contributed by atoms with van der Waals surface area (Å²) in [6.45, 7) is 6.48. The van der Waals surface area contributed by atoms with Gasteiger partial charge in [0.15, 0.2) is 0 Å². The van der Waals surface area contributed by atoms with Gasteiger partial charge in [0, 0.05) is 0 Å². The molecule has 1 radical (unpaired) electrons. The third kappa shape index (κ3) is 4.32. The molecule has 0 aliphatic carbocycles. The summed E-state index contributed by atoms with van der Waals surface area (Å²) in [6, 6.07) is 13.1. The van der Waals surface area contributed by atoms with Gasteiger partial charge in [-0.15, -0.1) is 0 Å². The molecule has 0 aliphatic heterocycles. The SMILES string of the molecule is Cc1cc(-c2c(C)cccc2C)c[cH-]1.[Cl-].[Cl-].[Zr+3]. The van der Waals surface area contributed by atoms with Crippen molar-refractivity contribution in [2.45, 2.75) is 20.8 Å². The van der Waals surface area contributed by atoms with Gasteiger partial charge in [-0.3, -0.25) is 0 Å². The number of hydrogen-bond donors (Lipinski definition) is 0. The maximum atomic E-state index is 2.25. The molecule has 0 unspecified atom stereocenters. The third-order valence-corrected chi connectivity index (χ3v) is 2.68. The van der Waals surface area contributed by atoms with Crippen molar-refractivity contribution in [2.24, 2.45) is 0 Å². The molecule has 2 aromatic rings. The van der Waals surface area contributed by atoms with Crippen LogP contribution < -0.4 is 24.8 Å². The van der Waals surface area contributed by atoms with Crippen molar-refractivity contribution in [2.75, 3.05) is 0 Å². The summed E-state index contributed by atoms with van der Waals surface area (Å²) in [5.74, 6) is 0. The Balaban J connectivity index is 0. The summed E-state index contributed by atoms with van der Waals surface area (Å²) >= 11 is 0. The first-order valence-electron chi connectivity index (χ1n) is 4.98. The van der Waals surface area contributed by atoms with Gasteiger partial charge in [0.05, 0.1) is 0 Å². The monoisotopic (exact) mass is 343 g/mol. The predicted octanol–water partition coefficient (Wildman–Crippen LogP) is -2.00. The van der Waals surface area contributed by atoms with E-state index in [1.807, 2.05) is 0 Å². The second-order valence-electron chi connectivity index (χ2n) is 3.94. The second-order valence-corrected chi connectivity index (χ2v) is 3.94. The summed E-state index contributed by atoms with van der Waals surface area (Å²) in [7, 11) is 0. The maximum absolute atomic E-state index is 2.25. The molecule has 0 aromatic heterocycles. The normalized spacial score (nSPS) is 8.65. The van der Waals surface area contributed by atoms with Gasteiger partial charge in [0.1, 0.15) is 0 Å². The molecule has 0 aliphatic rings. The van der Waals surface area contributed by atoms with Gasteiger partial charge in [-0.25, -0.2) is 6.07 Å². The number of rotatable bonds is 1. The summed E-state index contributed by atoms with van der Waals surface area (Å²) in [5, 5.41) is 0. The zero-order valence-corrected chi connectivity index (χ0v) is 14.2. The first-order chi connectivity index (χ1) is 6.68. The molecule has 0 spiro atoms. The third-order valence-electron chi connectivity index (χ3n) is 2.68. The number of benzene rings is 1. The van der Waals surface area contributed by atoms with Gasteiger partial charge in [-0.2, -0.15) is 23.3 Å². The average Bonchev–Trinajstić information content (AvgIpc) is 2.51. The van der Waals surface area contributed by atoms with Crippen LogP contribution in [0.3, 0.4) is 0 Å². The Bertz CT molecular complexity index is 441. The molecule has 89 valence electrons. The molecule has 2 aromatic carbocycles. The van der Waals surface area contributed by atoms with E-state index in [0.717, 1.165) is 0 Å². The van der Waals surface area contributed by atoms with Crippen LogP contribution >= 0.6 is 0 Å². The molecule has 2 rings (SSSR count). The minimum Gasteiger partial charge on any atom is -1.00 e. The molecule has 0 nitrogen and oxygen atoms in total. The van der Waals surface area contributed by atoms with Gasteiger partial charge in [0.2, 0.25) is 0 Å². The van der Waals surface area contributed by atoms with Crippen molar-refractivity contribution in [1.82, 2.24) is 0 Å². The van der Waals surface area contributed by atoms with E-state index in [1.54, 1.807) is 0 Å². The van der Waals surface area contributed by atoms with Crippen molar-refractivity contribution >= 4 is 0 Å². The van der Waals surface area contributed by atoms with Gasteiger partial charge in [-0.1, -0.05) is 41.8 Å². The average molecular weight is 345 g/mol. The Morgan fingerprint density at radius 3 is 1.88 bits per heavy atom. The van der Waals surface area contributed by atoms with Crippen LogP contribution in [0.1, 0.15) is 16.7 Å². The minimum atomic E-state index is 0. The van der Waals surface area contributed by atoms with Gasteiger partial charge >= 0.3 is 26.2 Å². The van der Waals surface area contributed by atoms with Gasteiger partial charge < -0.3 is 24.8 Å². The van der Waals surface area contributed by atoms with Crippen molar-refractivity contribution < 1.29 is 51.0 Å². The summed E-state index contributed by atoms with van der Waals surface area (Å²) in [5.41, 5.74) is 6.78. The van der Waals surface area contributed by atoms with Crippen LogP contribution in [0.25, 0.3) is 11.1 Å². The first-order valence-corrected chi connectivity index (χ1v) is 4.98. The molecule has 17 heavy (non-hydrogen) atoms. The molecule has 0 saturated heterocycles. The van der Waals surface area contributed by atoms with Gasteiger partial charge in [0.25, 0.3) is 0 Å². The van der Waals surface area contributed by atoms with E-state index < -0.39 is 0 Å². The van der Waals surface area contributed by atoms with Crippen LogP contribution in [0.2, 0.25) is 0 Å². The van der Waals surface area contributed by atoms with Crippen LogP contribution in [0.15, 0.2) is 36.4 Å². The smallest absolute Gasteiger partial charge is 1.00 e. The summed E-state index contributed by atoms with van der Waals surface area (Å²) in [4.78, 5) is 0. The van der Waals surface area contributed by atoms with Crippen LogP contribution in [0.5, 0.6) is 0 Å². The molecule has 0 N–H and O–H groups in total. The topological polar surface area (TPSA) is 0 Å². The van der Waals surface area contributed by atoms with E-state index >= 15 is 0 Å². The molecule has 3 heteroatoms. The Labute approximate surface area is 135 Å². The van der Waals surface area contributed by atoms with Crippen LogP contribution in [0, 0.1) is 20.8 Å². The van der Waals surface area contributed by atoms with E-state index in [2.05, 4.69) is 57.2 Å². The zero-order chi connectivity index (χ0) is 10.1. The molecule has 0 fully saturated rings. The van der Waals surface area contributed by atoms with Gasteiger partial charge in [-0.05, 0) is 13.8 Å². The van der Waals surface area contributed by atoms with E-state index in [1.165, 1.54) is 27.8 Å². The molecule has 0 heterocycles. The van der Waals surface area contributed by atoms with Crippen molar-refractivity contribution in [1.29, 1.82) is 0 Å². The van der Waals surface area contributed by atoms with E-state index in [-0.39, 0.29) is 51.0 Å². The Morgan fingerprint density at radius 1 is 0.941 bits per heavy atom. The summed E-state index contributed by atoms with van der Waals surface area (Å²) in [6.07, 6.45) is 0. The minimum absolute atomic E-state index is 0. The zero-order valence-electron chi connectivity index (χ0n) is 10.2. The van der Waals surface area contributed by atoms with E-state index in [0.29, 0.717) is 0 Å². The predicted molar refractivity (Wildman–Crippen MR) is 61.7 cm³/mol. The molecule has 0 amide bonds. The van der Waals surface area contributed by atoms with Crippen molar-refractivity contribution in [3.8, 4) is 11.1 Å². The quantitative estimate of drug-likeness (QED) is 0.525. The summed E-state index contributed by atoms with van der Waals surface area (Å²) < 4.78 is 0.